The number of benzene rings is 2. The maximum atomic E-state index is 6.27. The van der Waals surface area contributed by atoms with Crippen LogP contribution in [0, 0.1) is 0 Å². The van der Waals surface area contributed by atoms with Gasteiger partial charge >= 0.3 is 0 Å². The highest BCUT2D eigenvalue weighted by Crippen LogP contribution is 2.20. The van der Waals surface area contributed by atoms with Gasteiger partial charge in [0.25, 0.3) is 0 Å². The zero-order valence-electron chi connectivity index (χ0n) is 11.6. The third-order valence-electron chi connectivity index (χ3n) is 3.41. The van der Waals surface area contributed by atoms with Gasteiger partial charge in [-0.25, -0.2) is 0 Å². The molecule has 2 heteroatoms. The highest BCUT2D eigenvalue weighted by Gasteiger charge is 2.08. The summed E-state index contributed by atoms with van der Waals surface area (Å²) in [5, 5.41) is 0. The molecule has 0 radical (unpaired) electrons. The van der Waals surface area contributed by atoms with Crippen molar-refractivity contribution in [3.05, 3.63) is 65.2 Å². The van der Waals surface area contributed by atoms with Gasteiger partial charge in [0.05, 0.1) is 7.11 Å². The highest BCUT2D eigenvalue weighted by molar-refractivity contribution is 5.32. The maximum absolute atomic E-state index is 6.27. The summed E-state index contributed by atoms with van der Waals surface area (Å²) >= 11 is 0. The molecule has 2 nitrogen and oxygen atoms in total. The van der Waals surface area contributed by atoms with Crippen LogP contribution in [0.25, 0.3) is 0 Å². The van der Waals surface area contributed by atoms with E-state index in [4.69, 9.17) is 10.5 Å². The van der Waals surface area contributed by atoms with Crippen molar-refractivity contribution in [2.75, 3.05) is 7.11 Å². The minimum atomic E-state index is 0.00239. The first-order chi connectivity index (χ1) is 9.22. The van der Waals surface area contributed by atoms with Crippen molar-refractivity contribution in [1.29, 1.82) is 0 Å². The fourth-order valence-electron chi connectivity index (χ4n) is 2.15. The second kappa shape index (κ2) is 6.39. The lowest BCUT2D eigenvalue weighted by Gasteiger charge is -2.13. The van der Waals surface area contributed by atoms with Gasteiger partial charge in [-0.05, 0) is 41.7 Å². The van der Waals surface area contributed by atoms with Crippen LogP contribution in [0.3, 0.4) is 0 Å². The van der Waals surface area contributed by atoms with Gasteiger partial charge in [0.1, 0.15) is 5.75 Å². The molecule has 100 valence electrons. The zero-order valence-corrected chi connectivity index (χ0v) is 11.6. The molecular formula is C17H21NO. The van der Waals surface area contributed by atoms with Crippen molar-refractivity contribution in [3.63, 3.8) is 0 Å². The second-order valence-electron chi connectivity index (χ2n) is 4.76. The number of nitrogens with two attached hydrogens (primary N) is 1. The molecule has 2 N–H and O–H groups in total. The predicted molar refractivity (Wildman–Crippen MR) is 79.4 cm³/mol. The van der Waals surface area contributed by atoms with Crippen LogP contribution in [0.4, 0.5) is 0 Å². The molecule has 1 atom stereocenters. The Labute approximate surface area is 115 Å². The first kappa shape index (κ1) is 13.6. The summed E-state index contributed by atoms with van der Waals surface area (Å²) in [6, 6.07) is 16.7. The topological polar surface area (TPSA) is 35.2 Å². The van der Waals surface area contributed by atoms with Crippen LogP contribution in [0.15, 0.2) is 48.5 Å². The van der Waals surface area contributed by atoms with E-state index in [9.17, 15) is 0 Å². The Morgan fingerprint density at radius 1 is 1.05 bits per heavy atom. The summed E-state index contributed by atoms with van der Waals surface area (Å²) in [6.07, 6.45) is 1.92. The van der Waals surface area contributed by atoms with Crippen LogP contribution in [0.1, 0.15) is 29.7 Å². The van der Waals surface area contributed by atoms with Crippen molar-refractivity contribution in [1.82, 2.24) is 0 Å². The molecule has 1 unspecified atom stereocenters. The molecule has 0 bridgehead atoms. The van der Waals surface area contributed by atoms with Crippen molar-refractivity contribution >= 4 is 0 Å². The summed E-state index contributed by atoms with van der Waals surface area (Å²) < 4.78 is 5.23. The Bertz CT molecular complexity index is 519. The molecule has 0 aliphatic heterocycles. The van der Waals surface area contributed by atoms with Crippen LogP contribution in [-0.4, -0.2) is 7.11 Å². The van der Waals surface area contributed by atoms with Crippen LogP contribution in [0.5, 0.6) is 5.75 Å². The molecule has 2 aromatic rings. The summed E-state index contributed by atoms with van der Waals surface area (Å²) in [4.78, 5) is 0. The maximum Gasteiger partial charge on any atom is 0.119 e. The van der Waals surface area contributed by atoms with Gasteiger partial charge in [-0.2, -0.15) is 0 Å². The molecule has 0 aliphatic rings. The molecule has 2 rings (SSSR count). The van der Waals surface area contributed by atoms with Crippen LogP contribution in [-0.2, 0) is 12.8 Å². The molecule has 0 aromatic heterocycles. The molecule has 0 saturated carbocycles. The van der Waals surface area contributed by atoms with E-state index in [-0.39, 0.29) is 6.04 Å². The van der Waals surface area contributed by atoms with Gasteiger partial charge in [-0.15, -0.1) is 0 Å². The van der Waals surface area contributed by atoms with E-state index >= 15 is 0 Å². The minimum Gasteiger partial charge on any atom is -0.497 e. The number of rotatable bonds is 5. The molecule has 0 heterocycles. The lowest BCUT2D eigenvalue weighted by atomic mass is 9.98. The monoisotopic (exact) mass is 255 g/mol. The number of aryl methyl sites for hydroxylation is 1. The van der Waals surface area contributed by atoms with Gasteiger partial charge in [0, 0.05) is 6.04 Å². The molecule has 19 heavy (non-hydrogen) atoms. The van der Waals surface area contributed by atoms with E-state index in [0.717, 1.165) is 24.2 Å². The van der Waals surface area contributed by atoms with E-state index < -0.39 is 0 Å². The summed E-state index contributed by atoms with van der Waals surface area (Å²) in [5.41, 5.74) is 10.0. The van der Waals surface area contributed by atoms with E-state index in [0.29, 0.717) is 0 Å². The van der Waals surface area contributed by atoms with Gasteiger partial charge < -0.3 is 10.5 Å². The number of hydrogen-bond acceptors (Lipinski definition) is 2. The Kier molecular flexibility index (Phi) is 4.58. The van der Waals surface area contributed by atoms with E-state index in [1.54, 1.807) is 7.11 Å². The SMILES string of the molecule is CCc1ccc(CC(N)c2cccc(OC)c2)cc1. The third kappa shape index (κ3) is 3.58. The number of ether oxygens (including phenoxy) is 1. The second-order valence-corrected chi connectivity index (χ2v) is 4.76. The Morgan fingerprint density at radius 3 is 2.37 bits per heavy atom. The van der Waals surface area contributed by atoms with Gasteiger partial charge in [-0.3, -0.25) is 0 Å². The fraction of sp³-hybridized carbons (Fsp3) is 0.294. The number of hydrogen-bond donors (Lipinski definition) is 1. The highest BCUT2D eigenvalue weighted by atomic mass is 16.5. The normalized spacial score (nSPS) is 12.2. The lowest BCUT2D eigenvalue weighted by Crippen LogP contribution is -2.13. The smallest absolute Gasteiger partial charge is 0.119 e. The Balaban J connectivity index is 2.08. The van der Waals surface area contributed by atoms with Gasteiger partial charge in [0.2, 0.25) is 0 Å². The molecule has 0 amide bonds. The Hall–Kier alpha value is -1.80. The molecule has 0 saturated heterocycles. The first-order valence-corrected chi connectivity index (χ1v) is 6.70. The average molecular weight is 255 g/mol. The molecule has 2 aromatic carbocycles. The van der Waals surface area contributed by atoms with Crippen molar-refractivity contribution in [3.8, 4) is 5.75 Å². The van der Waals surface area contributed by atoms with E-state index in [1.807, 2.05) is 24.3 Å². The molecule has 0 fully saturated rings. The summed E-state index contributed by atoms with van der Waals surface area (Å²) in [7, 11) is 1.67. The molecule has 0 aliphatic carbocycles. The summed E-state index contributed by atoms with van der Waals surface area (Å²) in [6.45, 7) is 2.16. The first-order valence-electron chi connectivity index (χ1n) is 6.70. The lowest BCUT2D eigenvalue weighted by molar-refractivity contribution is 0.414. The average Bonchev–Trinajstić information content (AvgIpc) is 2.48. The van der Waals surface area contributed by atoms with E-state index in [2.05, 4.69) is 31.2 Å². The fourth-order valence-corrected chi connectivity index (χ4v) is 2.15. The van der Waals surface area contributed by atoms with Crippen molar-refractivity contribution in [2.45, 2.75) is 25.8 Å². The van der Waals surface area contributed by atoms with Crippen molar-refractivity contribution in [2.24, 2.45) is 5.73 Å². The quantitative estimate of drug-likeness (QED) is 0.887. The van der Waals surface area contributed by atoms with E-state index in [1.165, 1.54) is 11.1 Å². The third-order valence-corrected chi connectivity index (χ3v) is 3.41. The standard InChI is InChI=1S/C17H21NO/c1-3-13-7-9-14(10-8-13)11-17(18)15-5-4-6-16(12-15)19-2/h4-10,12,17H,3,11,18H2,1-2H3. The molecule has 0 spiro atoms. The van der Waals surface area contributed by atoms with Gasteiger partial charge in [-0.1, -0.05) is 43.3 Å². The van der Waals surface area contributed by atoms with Crippen LogP contribution < -0.4 is 10.5 Å². The van der Waals surface area contributed by atoms with Crippen LogP contribution in [0.2, 0.25) is 0 Å². The number of methoxy groups -OCH3 is 1. The zero-order chi connectivity index (χ0) is 13.7. The van der Waals surface area contributed by atoms with Crippen molar-refractivity contribution < 1.29 is 4.74 Å². The van der Waals surface area contributed by atoms with Gasteiger partial charge in [0.15, 0.2) is 0 Å². The largest absolute Gasteiger partial charge is 0.497 e. The van der Waals surface area contributed by atoms with Crippen LogP contribution >= 0.6 is 0 Å². The summed E-state index contributed by atoms with van der Waals surface area (Å²) in [5.74, 6) is 0.856. The Morgan fingerprint density at radius 2 is 1.74 bits per heavy atom. The predicted octanol–water partition coefficient (Wildman–Crippen LogP) is 3.50. The minimum absolute atomic E-state index is 0.00239. The molecular weight excluding hydrogens is 234 g/mol.